The van der Waals surface area contributed by atoms with Gasteiger partial charge < -0.3 is 0 Å². The number of hydrogen-bond donors (Lipinski definition) is 0. The van der Waals surface area contributed by atoms with E-state index in [2.05, 4.69) is 15.1 Å². The van der Waals surface area contributed by atoms with E-state index in [0.29, 0.717) is 0 Å². The highest BCUT2D eigenvalue weighted by molar-refractivity contribution is 5.64. The second-order valence-corrected chi connectivity index (χ2v) is 3.54. The van der Waals surface area contributed by atoms with Gasteiger partial charge in [0, 0.05) is 24.8 Å². The molecule has 82 valence electrons. The summed E-state index contributed by atoms with van der Waals surface area (Å²) in [5, 5.41) is 4.22. The van der Waals surface area contributed by atoms with E-state index in [4.69, 9.17) is 0 Å². The molecule has 0 aliphatic rings. The van der Waals surface area contributed by atoms with Crippen LogP contribution in [0.4, 0.5) is 0 Å². The summed E-state index contributed by atoms with van der Waals surface area (Å²) >= 11 is 0. The largest absolute Gasteiger partial charge is 0.255 e. The van der Waals surface area contributed by atoms with Crippen molar-refractivity contribution in [2.24, 2.45) is 0 Å². The van der Waals surface area contributed by atoms with Crippen LogP contribution in [0, 0.1) is 0 Å². The number of nitrogens with zero attached hydrogens (tertiary/aromatic N) is 4. The molecule has 0 radical (unpaired) electrons. The molecule has 0 saturated carbocycles. The van der Waals surface area contributed by atoms with Crippen LogP contribution in [0.25, 0.3) is 17.1 Å². The number of hydrogen-bond acceptors (Lipinski definition) is 3. The van der Waals surface area contributed by atoms with Crippen LogP contribution in [0.2, 0.25) is 0 Å². The highest BCUT2D eigenvalue weighted by atomic mass is 15.3. The van der Waals surface area contributed by atoms with Crippen molar-refractivity contribution in [3.8, 4) is 17.1 Å². The van der Waals surface area contributed by atoms with Crippen molar-refractivity contribution in [2.75, 3.05) is 0 Å². The minimum atomic E-state index is 0.830. The van der Waals surface area contributed by atoms with Crippen molar-refractivity contribution in [1.29, 1.82) is 0 Å². The molecule has 0 atom stereocenters. The topological polar surface area (TPSA) is 43.6 Å². The van der Waals surface area contributed by atoms with Gasteiger partial charge in [-0.1, -0.05) is 6.07 Å². The third-order valence-corrected chi connectivity index (χ3v) is 2.45. The van der Waals surface area contributed by atoms with Gasteiger partial charge in [0.2, 0.25) is 0 Å². The first kappa shape index (κ1) is 9.72. The Labute approximate surface area is 98.6 Å². The summed E-state index contributed by atoms with van der Waals surface area (Å²) in [7, 11) is 0. The summed E-state index contributed by atoms with van der Waals surface area (Å²) in [5.41, 5.74) is 2.60. The Bertz CT molecular complexity index is 602. The Kier molecular flexibility index (Phi) is 2.38. The maximum atomic E-state index is 4.38. The van der Waals surface area contributed by atoms with Crippen molar-refractivity contribution in [3.63, 3.8) is 0 Å². The van der Waals surface area contributed by atoms with Crippen LogP contribution in [0.3, 0.4) is 0 Å². The molecular weight excluding hydrogens is 212 g/mol. The summed E-state index contributed by atoms with van der Waals surface area (Å²) in [6, 6.07) is 11.5. The molecule has 0 fully saturated rings. The second-order valence-electron chi connectivity index (χ2n) is 3.54. The van der Waals surface area contributed by atoms with Gasteiger partial charge >= 0.3 is 0 Å². The minimum absolute atomic E-state index is 0.830. The van der Waals surface area contributed by atoms with E-state index >= 15 is 0 Å². The molecule has 3 aromatic rings. The smallest absolute Gasteiger partial charge is 0.114 e. The molecule has 0 bridgehead atoms. The van der Waals surface area contributed by atoms with Gasteiger partial charge in [0.25, 0.3) is 0 Å². The molecule has 0 aromatic carbocycles. The monoisotopic (exact) mass is 222 g/mol. The average molecular weight is 222 g/mol. The van der Waals surface area contributed by atoms with Crippen molar-refractivity contribution in [2.45, 2.75) is 0 Å². The second kappa shape index (κ2) is 4.17. The third kappa shape index (κ3) is 1.80. The highest BCUT2D eigenvalue weighted by Gasteiger charge is 2.08. The molecule has 4 nitrogen and oxygen atoms in total. The maximum absolute atomic E-state index is 4.38. The molecule has 0 N–H and O–H groups in total. The molecule has 0 aliphatic heterocycles. The molecule has 3 aromatic heterocycles. The summed E-state index contributed by atoms with van der Waals surface area (Å²) in [6.07, 6.45) is 7.16. The van der Waals surface area contributed by atoms with E-state index in [1.165, 1.54) is 0 Å². The van der Waals surface area contributed by atoms with Crippen LogP contribution in [-0.4, -0.2) is 19.7 Å². The lowest BCUT2D eigenvalue weighted by molar-refractivity contribution is 0.875. The summed E-state index contributed by atoms with van der Waals surface area (Å²) < 4.78 is 1.79. The molecule has 17 heavy (non-hydrogen) atoms. The Hall–Kier alpha value is -2.49. The first-order valence-corrected chi connectivity index (χ1v) is 5.31. The predicted molar refractivity (Wildman–Crippen MR) is 64.6 cm³/mol. The average Bonchev–Trinajstić information content (AvgIpc) is 2.94. The van der Waals surface area contributed by atoms with E-state index in [-0.39, 0.29) is 0 Å². The Morgan fingerprint density at radius 3 is 2.53 bits per heavy atom. The van der Waals surface area contributed by atoms with E-state index < -0.39 is 0 Å². The molecule has 0 aliphatic carbocycles. The number of pyridine rings is 2. The first-order chi connectivity index (χ1) is 8.45. The van der Waals surface area contributed by atoms with E-state index in [1.807, 2.05) is 42.6 Å². The van der Waals surface area contributed by atoms with Crippen molar-refractivity contribution in [3.05, 3.63) is 61.2 Å². The summed E-state index contributed by atoms with van der Waals surface area (Å²) in [6.45, 7) is 0. The lowest BCUT2D eigenvalue weighted by Crippen LogP contribution is -1.99. The highest BCUT2D eigenvalue weighted by Crippen LogP contribution is 2.21. The van der Waals surface area contributed by atoms with Gasteiger partial charge in [-0.3, -0.25) is 9.97 Å². The van der Waals surface area contributed by atoms with Crippen LogP contribution in [-0.2, 0) is 0 Å². The lowest BCUT2D eigenvalue weighted by atomic mass is 10.2. The predicted octanol–water partition coefficient (Wildman–Crippen LogP) is 2.33. The maximum Gasteiger partial charge on any atom is 0.114 e. The SMILES string of the molecule is c1ccc(-c2ncccc2-n2cccn2)nc1. The van der Waals surface area contributed by atoms with E-state index in [9.17, 15) is 0 Å². The van der Waals surface area contributed by atoms with Crippen LogP contribution in [0.15, 0.2) is 61.2 Å². The normalized spacial score (nSPS) is 10.4. The molecule has 4 heteroatoms. The number of aromatic nitrogens is 4. The van der Waals surface area contributed by atoms with Gasteiger partial charge in [0.05, 0.1) is 11.4 Å². The molecule has 0 spiro atoms. The van der Waals surface area contributed by atoms with Crippen molar-refractivity contribution < 1.29 is 0 Å². The van der Waals surface area contributed by atoms with Gasteiger partial charge in [-0.25, -0.2) is 4.68 Å². The fraction of sp³-hybridized carbons (Fsp3) is 0. The van der Waals surface area contributed by atoms with E-state index in [1.54, 1.807) is 23.3 Å². The Morgan fingerprint density at radius 2 is 1.76 bits per heavy atom. The van der Waals surface area contributed by atoms with Gasteiger partial charge in [-0.15, -0.1) is 0 Å². The molecule has 0 amide bonds. The quantitative estimate of drug-likeness (QED) is 0.668. The Balaban J connectivity index is 2.18. The zero-order chi connectivity index (χ0) is 11.5. The van der Waals surface area contributed by atoms with Gasteiger partial charge in [0.1, 0.15) is 5.69 Å². The van der Waals surface area contributed by atoms with Crippen LogP contribution >= 0.6 is 0 Å². The van der Waals surface area contributed by atoms with Crippen LogP contribution in [0.5, 0.6) is 0 Å². The third-order valence-electron chi connectivity index (χ3n) is 2.45. The fourth-order valence-electron chi connectivity index (χ4n) is 1.69. The summed E-state index contributed by atoms with van der Waals surface area (Å²) in [5.74, 6) is 0. The number of rotatable bonds is 2. The Morgan fingerprint density at radius 1 is 0.824 bits per heavy atom. The molecule has 3 heterocycles. The lowest BCUT2D eigenvalue weighted by Gasteiger charge is -2.07. The zero-order valence-corrected chi connectivity index (χ0v) is 9.06. The molecule has 0 saturated heterocycles. The van der Waals surface area contributed by atoms with Gasteiger partial charge in [-0.2, -0.15) is 5.10 Å². The van der Waals surface area contributed by atoms with Crippen LogP contribution in [0.1, 0.15) is 0 Å². The van der Waals surface area contributed by atoms with Crippen molar-refractivity contribution in [1.82, 2.24) is 19.7 Å². The standard InChI is InChI=1S/C13H10N4/c1-2-7-14-11(5-1)13-12(6-3-8-15-13)17-10-4-9-16-17/h1-10H. The molecular formula is C13H10N4. The molecule has 0 unspecified atom stereocenters. The molecule has 3 rings (SSSR count). The fourth-order valence-corrected chi connectivity index (χ4v) is 1.69. The van der Waals surface area contributed by atoms with Gasteiger partial charge in [-0.05, 0) is 30.3 Å². The van der Waals surface area contributed by atoms with Crippen molar-refractivity contribution >= 4 is 0 Å². The zero-order valence-electron chi connectivity index (χ0n) is 9.06. The van der Waals surface area contributed by atoms with Gasteiger partial charge in [0.15, 0.2) is 0 Å². The van der Waals surface area contributed by atoms with Crippen LogP contribution < -0.4 is 0 Å². The van der Waals surface area contributed by atoms with E-state index in [0.717, 1.165) is 17.1 Å². The summed E-state index contributed by atoms with van der Waals surface area (Å²) in [4.78, 5) is 8.70. The minimum Gasteiger partial charge on any atom is -0.255 e. The first-order valence-electron chi connectivity index (χ1n) is 5.31.